The Morgan fingerprint density at radius 1 is 1.06 bits per heavy atom. The summed E-state index contributed by atoms with van der Waals surface area (Å²) in [5.74, 6) is 0.193. The second-order valence-corrected chi connectivity index (χ2v) is 11.5. The van der Waals surface area contributed by atoms with Gasteiger partial charge in [-0.15, -0.1) is 11.3 Å². The molecule has 1 saturated carbocycles. The Morgan fingerprint density at radius 3 is 2.44 bits per heavy atom. The fraction of sp³-hybridized carbons (Fsp3) is 0.250. The predicted molar refractivity (Wildman–Crippen MR) is 129 cm³/mol. The maximum absolute atomic E-state index is 13.1. The number of amides is 2. The average Bonchev–Trinajstić information content (AvgIpc) is 3.55. The molecule has 160 valence electrons. The molecule has 2 fully saturated rings. The van der Waals surface area contributed by atoms with E-state index in [1.165, 1.54) is 28.0 Å². The Hall–Kier alpha value is -2.29. The van der Waals surface area contributed by atoms with Crippen molar-refractivity contribution in [3.63, 3.8) is 0 Å². The average molecular weight is 525 g/mol. The van der Waals surface area contributed by atoms with E-state index in [2.05, 4.69) is 33.1 Å². The molecule has 3 aromatic rings. The van der Waals surface area contributed by atoms with Crippen molar-refractivity contribution in [1.82, 2.24) is 4.98 Å². The van der Waals surface area contributed by atoms with Crippen molar-refractivity contribution in [2.45, 2.75) is 10.8 Å². The lowest BCUT2D eigenvalue weighted by molar-refractivity contribution is -0.123. The van der Waals surface area contributed by atoms with E-state index >= 15 is 0 Å². The number of benzene rings is 2. The number of carbonyl (C=O) groups excluding carboxylic acids is 3. The van der Waals surface area contributed by atoms with Gasteiger partial charge >= 0.3 is 0 Å². The molecule has 2 heterocycles. The molecule has 2 aliphatic carbocycles. The number of thiazole rings is 1. The van der Waals surface area contributed by atoms with E-state index in [9.17, 15) is 14.4 Å². The molecule has 0 unspecified atom stereocenters. The molecule has 0 spiro atoms. The number of anilines is 1. The smallest absolute Gasteiger partial charge is 0.238 e. The van der Waals surface area contributed by atoms with Crippen LogP contribution in [-0.4, -0.2) is 28.3 Å². The van der Waals surface area contributed by atoms with Gasteiger partial charge in [-0.2, -0.15) is 0 Å². The van der Waals surface area contributed by atoms with E-state index in [4.69, 9.17) is 0 Å². The van der Waals surface area contributed by atoms with Gasteiger partial charge in [-0.05, 0) is 48.6 Å². The molecule has 32 heavy (non-hydrogen) atoms. The summed E-state index contributed by atoms with van der Waals surface area (Å²) in [5, 5.41) is 0. The lowest BCUT2D eigenvalue weighted by Gasteiger charge is -2.17. The number of hydrogen-bond acceptors (Lipinski definition) is 6. The molecule has 1 saturated heterocycles. The summed E-state index contributed by atoms with van der Waals surface area (Å²) >= 11 is 6.26. The first-order chi connectivity index (χ1) is 15.5. The van der Waals surface area contributed by atoms with Crippen LogP contribution in [0, 0.1) is 23.7 Å². The van der Waals surface area contributed by atoms with Gasteiger partial charge in [-0.1, -0.05) is 52.0 Å². The fourth-order valence-corrected chi connectivity index (χ4v) is 7.36. The normalized spacial score (nSPS) is 25.8. The predicted octanol–water partition coefficient (Wildman–Crippen LogP) is 5.35. The molecule has 5 nitrogen and oxygen atoms in total. The zero-order chi connectivity index (χ0) is 22.0. The summed E-state index contributed by atoms with van der Waals surface area (Å²) < 4.78 is 2.63. The lowest BCUT2D eigenvalue weighted by Crippen LogP contribution is -2.32. The van der Waals surface area contributed by atoms with E-state index in [1.807, 2.05) is 24.3 Å². The second-order valence-electron chi connectivity index (χ2n) is 8.36. The fourth-order valence-electron chi connectivity index (χ4n) is 5.10. The van der Waals surface area contributed by atoms with Crippen LogP contribution >= 0.6 is 39.0 Å². The summed E-state index contributed by atoms with van der Waals surface area (Å²) in [7, 11) is 0. The molecule has 2 bridgehead atoms. The van der Waals surface area contributed by atoms with Gasteiger partial charge in [-0.25, -0.2) is 9.88 Å². The first kappa shape index (κ1) is 20.3. The Bertz CT molecular complexity index is 1290. The number of allylic oxidation sites excluding steroid dienone is 2. The zero-order valence-electron chi connectivity index (χ0n) is 16.7. The number of carbonyl (C=O) groups is 3. The third kappa shape index (κ3) is 3.19. The van der Waals surface area contributed by atoms with Crippen molar-refractivity contribution in [1.29, 1.82) is 0 Å². The highest BCUT2D eigenvalue weighted by Gasteiger charge is 2.59. The number of aromatic nitrogens is 1. The van der Waals surface area contributed by atoms with Gasteiger partial charge in [0.1, 0.15) is 0 Å². The van der Waals surface area contributed by atoms with E-state index in [-0.39, 0.29) is 41.3 Å². The van der Waals surface area contributed by atoms with Gasteiger partial charge in [0.05, 0.1) is 33.5 Å². The van der Waals surface area contributed by atoms with E-state index in [1.54, 1.807) is 18.2 Å². The number of hydrogen-bond donors (Lipinski definition) is 0. The molecule has 2 aromatic carbocycles. The summed E-state index contributed by atoms with van der Waals surface area (Å²) in [6.45, 7) is 0. The Morgan fingerprint density at radius 2 is 1.75 bits per heavy atom. The molecule has 8 heteroatoms. The first-order valence-electron chi connectivity index (χ1n) is 10.4. The maximum atomic E-state index is 13.1. The molecule has 6 rings (SSSR count). The number of thioether (sulfide) groups is 1. The summed E-state index contributed by atoms with van der Waals surface area (Å²) in [6.07, 6.45) is 5.13. The van der Waals surface area contributed by atoms with Crippen molar-refractivity contribution in [2.24, 2.45) is 23.7 Å². The number of fused-ring (bicyclic) bond motifs is 6. The highest BCUT2D eigenvalue weighted by molar-refractivity contribution is 9.10. The van der Waals surface area contributed by atoms with Gasteiger partial charge in [0.25, 0.3) is 0 Å². The molecule has 3 aliphatic rings. The number of rotatable bonds is 5. The van der Waals surface area contributed by atoms with Crippen LogP contribution in [-0.2, 0) is 9.59 Å². The van der Waals surface area contributed by atoms with Crippen LogP contribution in [0.5, 0.6) is 0 Å². The minimum Gasteiger partial charge on any atom is -0.293 e. The summed E-state index contributed by atoms with van der Waals surface area (Å²) in [4.78, 5) is 44.6. The zero-order valence-corrected chi connectivity index (χ0v) is 20.0. The minimum absolute atomic E-state index is 0.0467. The van der Waals surface area contributed by atoms with Crippen molar-refractivity contribution in [2.75, 3.05) is 10.7 Å². The molecular weight excluding hydrogens is 508 g/mol. The van der Waals surface area contributed by atoms with Crippen LogP contribution in [0.1, 0.15) is 16.8 Å². The van der Waals surface area contributed by atoms with Crippen molar-refractivity contribution in [3.05, 3.63) is 64.7 Å². The van der Waals surface area contributed by atoms with Gasteiger partial charge < -0.3 is 0 Å². The van der Waals surface area contributed by atoms with Gasteiger partial charge in [0.15, 0.2) is 10.1 Å². The molecule has 1 aromatic heterocycles. The van der Waals surface area contributed by atoms with Gasteiger partial charge in [0.2, 0.25) is 11.8 Å². The molecule has 2 amide bonds. The highest BCUT2D eigenvalue weighted by atomic mass is 79.9. The van der Waals surface area contributed by atoms with Crippen LogP contribution in [0.15, 0.2) is 63.4 Å². The molecule has 1 aliphatic heterocycles. The largest absolute Gasteiger partial charge is 0.293 e. The number of nitrogens with zero attached hydrogens (tertiary/aromatic N) is 2. The van der Waals surface area contributed by atoms with E-state index < -0.39 is 0 Å². The van der Waals surface area contributed by atoms with Crippen molar-refractivity contribution < 1.29 is 14.4 Å². The highest BCUT2D eigenvalue weighted by Crippen LogP contribution is 2.53. The number of Topliss-reactive ketones (excluding diaryl/α,β-unsaturated/α-hetero) is 1. The van der Waals surface area contributed by atoms with Crippen LogP contribution in [0.25, 0.3) is 10.2 Å². The lowest BCUT2D eigenvalue weighted by atomic mass is 9.85. The quantitative estimate of drug-likeness (QED) is 0.195. The number of imide groups is 1. The van der Waals surface area contributed by atoms with Crippen LogP contribution < -0.4 is 4.90 Å². The second kappa shape index (κ2) is 7.64. The van der Waals surface area contributed by atoms with Crippen LogP contribution in [0.2, 0.25) is 0 Å². The standard InChI is InChI=1S/C24H17BrN2O3S2/c25-15-5-3-12(4-6-15)18(28)11-31-24-26-17-8-7-16(10-19(17)32-24)27-22(29)20-13-1-2-14(9-13)21(20)23(27)30/h1-8,10,13-14,20-21H,9,11H2/t13-,14-,20+,21+/m0/s1. The Kier molecular flexibility index (Phi) is 4.85. The van der Waals surface area contributed by atoms with Crippen molar-refractivity contribution >= 4 is 72.5 Å². The van der Waals surface area contributed by atoms with Crippen LogP contribution in [0.3, 0.4) is 0 Å². The molecule has 4 atom stereocenters. The van der Waals surface area contributed by atoms with E-state index in [0.29, 0.717) is 17.0 Å². The Labute approximate surface area is 201 Å². The van der Waals surface area contributed by atoms with Crippen molar-refractivity contribution in [3.8, 4) is 0 Å². The number of ketones is 1. The first-order valence-corrected chi connectivity index (χ1v) is 13.0. The maximum Gasteiger partial charge on any atom is 0.238 e. The third-order valence-corrected chi connectivity index (χ3v) is 9.26. The molecule has 0 N–H and O–H groups in total. The minimum atomic E-state index is -0.203. The van der Waals surface area contributed by atoms with Gasteiger partial charge in [0, 0.05) is 10.0 Å². The Balaban J connectivity index is 1.21. The summed E-state index contributed by atoms with van der Waals surface area (Å²) in [5.41, 5.74) is 2.09. The third-order valence-electron chi connectivity index (χ3n) is 6.57. The molecular formula is C24H17BrN2O3S2. The van der Waals surface area contributed by atoms with E-state index in [0.717, 1.165) is 25.4 Å². The molecule has 0 radical (unpaired) electrons. The topological polar surface area (TPSA) is 67.3 Å². The number of halogens is 1. The van der Waals surface area contributed by atoms with Gasteiger partial charge in [-0.3, -0.25) is 14.4 Å². The monoisotopic (exact) mass is 524 g/mol. The SMILES string of the molecule is O=C(CSc1nc2ccc(N3C(=O)[C@H]4[C@H](C3=O)[C@H]3C=C[C@H]4C3)cc2s1)c1ccc(Br)cc1. The summed E-state index contributed by atoms with van der Waals surface area (Å²) in [6, 6.07) is 12.8. The van der Waals surface area contributed by atoms with Crippen LogP contribution in [0.4, 0.5) is 5.69 Å².